The van der Waals surface area contributed by atoms with Crippen molar-refractivity contribution in [2.24, 2.45) is 0 Å². The van der Waals surface area contributed by atoms with Crippen molar-refractivity contribution in [2.45, 2.75) is 62.8 Å². The number of amides is 1. The molecule has 1 fully saturated rings. The molecule has 0 N–H and O–H groups in total. The summed E-state index contributed by atoms with van der Waals surface area (Å²) < 4.78 is 11.7. The van der Waals surface area contributed by atoms with Crippen LogP contribution in [0.5, 0.6) is 0 Å². The molecule has 1 rings (SSSR count). The predicted octanol–water partition coefficient (Wildman–Crippen LogP) is 3.22. The van der Waals surface area contributed by atoms with E-state index in [-0.39, 0.29) is 17.8 Å². The van der Waals surface area contributed by atoms with E-state index in [1.807, 2.05) is 41.5 Å². The second-order valence-corrected chi connectivity index (χ2v) is 8.27. The van der Waals surface area contributed by atoms with Crippen molar-refractivity contribution in [1.82, 2.24) is 4.90 Å². The third-order valence-corrected chi connectivity index (χ3v) is 3.55. The maximum atomic E-state index is 12.0. The van der Waals surface area contributed by atoms with Crippen LogP contribution in [0.1, 0.15) is 41.5 Å². The van der Waals surface area contributed by atoms with Crippen LogP contribution in [-0.4, -0.2) is 45.3 Å². The Morgan fingerprint density at radius 3 is 2.11 bits per heavy atom. The summed E-state index contributed by atoms with van der Waals surface area (Å²) in [5, 5.41) is 0. The number of hydrogen-bond donors (Lipinski definition) is 0. The van der Waals surface area contributed by atoms with Crippen molar-refractivity contribution in [1.29, 1.82) is 0 Å². The largest absolute Gasteiger partial charge is 0.444 e. The maximum absolute atomic E-state index is 12.0. The summed E-state index contributed by atoms with van der Waals surface area (Å²) >= 11 is 2.35. The molecule has 2 unspecified atom stereocenters. The zero-order valence-corrected chi connectivity index (χ0v) is 14.3. The first kappa shape index (κ1) is 16.0. The number of hydrogen-bond acceptors (Lipinski definition) is 3. The van der Waals surface area contributed by atoms with Gasteiger partial charge in [0.25, 0.3) is 0 Å². The summed E-state index contributed by atoms with van der Waals surface area (Å²) in [5.41, 5.74) is -0.626. The Labute approximate surface area is 124 Å². The molecule has 2 atom stereocenters. The van der Waals surface area contributed by atoms with Gasteiger partial charge in [-0.25, -0.2) is 4.79 Å². The van der Waals surface area contributed by atoms with Crippen LogP contribution in [0, 0.1) is 0 Å². The summed E-state index contributed by atoms with van der Waals surface area (Å²) in [5.74, 6) is 0. The molecule has 106 valence electrons. The van der Waals surface area contributed by atoms with Crippen LogP contribution in [0.15, 0.2) is 0 Å². The summed E-state index contributed by atoms with van der Waals surface area (Å²) in [6, 6.07) is 0. The molecule has 1 aliphatic heterocycles. The van der Waals surface area contributed by atoms with Crippen LogP contribution in [0.3, 0.4) is 0 Å². The molecule has 1 saturated heterocycles. The number of nitrogens with zero attached hydrogens (tertiary/aromatic N) is 1. The second kappa shape index (κ2) is 5.53. The van der Waals surface area contributed by atoms with Gasteiger partial charge in [0.1, 0.15) is 5.60 Å². The lowest BCUT2D eigenvalue weighted by Gasteiger charge is -2.27. The summed E-state index contributed by atoms with van der Waals surface area (Å²) in [6.07, 6.45) is -0.165. The van der Waals surface area contributed by atoms with Gasteiger partial charge in [-0.15, -0.1) is 0 Å². The smallest absolute Gasteiger partial charge is 0.410 e. The van der Waals surface area contributed by atoms with Crippen LogP contribution >= 0.6 is 22.6 Å². The molecule has 18 heavy (non-hydrogen) atoms. The highest BCUT2D eigenvalue weighted by Crippen LogP contribution is 2.26. The van der Waals surface area contributed by atoms with E-state index in [0.29, 0.717) is 17.0 Å². The Bertz CT molecular complexity index is 306. The Hall–Kier alpha value is -0.0400. The first-order valence-corrected chi connectivity index (χ1v) is 7.52. The molecule has 0 aromatic rings. The van der Waals surface area contributed by atoms with Crippen LogP contribution in [-0.2, 0) is 9.47 Å². The number of carbonyl (C=O) groups excluding carboxylic acids is 1. The van der Waals surface area contributed by atoms with Crippen LogP contribution in [0.25, 0.3) is 0 Å². The van der Waals surface area contributed by atoms with E-state index < -0.39 is 5.60 Å². The number of alkyl halides is 1. The molecule has 0 saturated carbocycles. The van der Waals surface area contributed by atoms with Gasteiger partial charge in [-0.2, -0.15) is 0 Å². The van der Waals surface area contributed by atoms with E-state index in [1.165, 1.54) is 0 Å². The van der Waals surface area contributed by atoms with Crippen LogP contribution in [0.2, 0.25) is 0 Å². The maximum Gasteiger partial charge on any atom is 0.410 e. The third-order valence-electron chi connectivity index (χ3n) is 2.36. The number of likely N-dealkylation sites (tertiary alicyclic amines) is 1. The minimum atomic E-state index is -0.444. The zero-order valence-electron chi connectivity index (χ0n) is 12.1. The molecule has 0 spiro atoms. The Balaban J connectivity index is 2.56. The van der Waals surface area contributed by atoms with E-state index >= 15 is 0 Å². The van der Waals surface area contributed by atoms with Crippen LogP contribution in [0.4, 0.5) is 4.79 Å². The van der Waals surface area contributed by atoms with Gasteiger partial charge in [0, 0.05) is 6.54 Å². The number of ether oxygens (including phenoxy) is 2. The molecular formula is C13H24INO3. The van der Waals surface area contributed by atoms with Crippen molar-refractivity contribution in [3.63, 3.8) is 0 Å². The topological polar surface area (TPSA) is 38.8 Å². The molecular weight excluding hydrogens is 345 g/mol. The van der Waals surface area contributed by atoms with Gasteiger partial charge in [0.15, 0.2) is 0 Å². The van der Waals surface area contributed by atoms with Gasteiger partial charge in [0.2, 0.25) is 0 Å². The van der Waals surface area contributed by atoms with E-state index in [2.05, 4.69) is 22.6 Å². The Morgan fingerprint density at radius 1 is 1.11 bits per heavy atom. The fraction of sp³-hybridized carbons (Fsp3) is 0.923. The van der Waals surface area contributed by atoms with E-state index in [0.717, 1.165) is 0 Å². The Morgan fingerprint density at radius 2 is 1.67 bits per heavy atom. The van der Waals surface area contributed by atoms with E-state index in [1.54, 1.807) is 4.90 Å². The van der Waals surface area contributed by atoms with Gasteiger partial charge in [-0.05, 0) is 41.5 Å². The standard InChI is InChI=1S/C13H24INO3/c1-12(2,3)17-10-8-15(7-9(10)14)11(16)18-13(4,5)6/h9-10H,7-8H2,1-6H3. The molecule has 0 aromatic heterocycles. The van der Waals surface area contributed by atoms with Crippen LogP contribution < -0.4 is 0 Å². The lowest BCUT2D eigenvalue weighted by atomic mass is 10.2. The second-order valence-electron chi connectivity index (χ2n) is 6.67. The predicted molar refractivity (Wildman–Crippen MR) is 80.2 cm³/mol. The summed E-state index contributed by atoms with van der Waals surface area (Å²) in [7, 11) is 0. The van der Waals surface area contributed by atoms with Crippen molar-refractivity contribution < 1.29 is 14.3 Å². The van der Waals surface area contributed by atoms with Crippen molar-refractivity contribution in [3.05, 3.63) is 0 Å². The van der Waals surface area contributed by atoms with Crippen molar-refractivity contribution in [2.75, 3.05) is 13.1 Å². The quantitative estimate of drug-likeness (QED) is 0.526. The van der Waals surface area contributed by atoms with Crippen molar-refractivity contribution in [3.8, 4) is 0 Å². The zero-order chi connectivity index (χ0) is 14.1. The lowest BCUT2D eigenvalue weighted by Crippen LogP contribution is -2.37. The molecule has 1 aliphatic rings. The third kappa shape index (κ3) is 5.30. The van der Waals surface area contributed by atoms with Gasteiger partial charge in [0.05, 0.1) is 22.2 Å². The highest BCUT2D eigenvalue weighted by Gasteiger charge is 2.38. The SMILES string of the molecule is CC(C)(C)OC(=O)N1CC(I)C(OC(C)(C)C)C1. The summed E-state index contributed by atoms with van der Waals surface area (Å²) in [6.45, 7) is 13.0. The molecule has 5 heteroatoms. The van der Waals surface area contributed by atoms with E-state index in [4.69, 9.17) is 9.47 Å². The molecule has 0 aromatic carbocycles. The fourth-order valence-electron chi connectivity index (χ4n) is 1.78. The number of rotatable bonds is 1. The first-order chi connectivity index (χ1) is 7.98. The molecule has 1 heterocycles. The first-order valence-electron chi connectivity index (χ1n) is 6.28. The Kier molecular flexibility index (Phi) is 4.92. The van der Waals surface area contributed by atoms with E-state index in [9.17, 15) is 4.79 Å². The molecule has 4 nitrogen and oxygen atoms in total. The van der Waals surface area contributed by atoms with Gasteiger partial charge >= 0.3 is 6.09 Å². The number of carbonyl (C=O) groups is 1. The monoisotopic (exact) mass is 369 g/mol. The molecule has 0 aliphatic carbocycles. The molecule has 0 radical (unpaired) electrons. The average molecular weight is 369 g/mol. The van der Waals surface area contributed by atoms with Gasteiger partial charge < -0.3 is 14.4 Å². The lowest BCUT2D eigenvalue weighted by molar-refractivity contribution is -0.0517. The number of halogens is 1. The normalized spacial score (nSPS) is 25.4. The molecule has 0 bridgehead atoms. The molecule has 1 amide bonds. The van der Waals surface area contributed by atoms with Crippen molar-refractivity contribution >= 4 is 28.7 Å². The fourth-order valence-corrected chi connectivity index (χ4v) is 2.62. The van der Waals surface area contributed by atoms with Gasteiger partial charge in [-0.3, -0.25) is 0 Å². The van der Waals surface area contributed by atoms with Gasteiger partial charge in [-0.1, -0.05) is 22.6 Å². The highest BCUT2D eigenvalue weighted by atomic mass is 127. The average Bonchev–Trinajstić information content (AvgIpc) is 2.42. The summed E-state index contributed by atoms with van der Waals surface area (Å²) in [4.78, 5) is 13.7. The minimum absolute atomic E-state index is 0.0816. The minimum Gasteiger partial charge on any atom is -0.444 e. The highest BCUT2D eigenvalue weighted by molar-refractivity contribution is 14.1.